The maximum Gasteiger partial charge on any atom is 0.178 e. The lowest BCUT2D eigenvalue weighted by Gasteiger charge is -2.05. The van der Waals surface area contributed by atoms with Crippen molar-refractivity contribution in [3.8, 4) is 17.5 Å². The summed E-state index contributed by atoms with van der Waals surface area (Å²) >= 11 is 5.84. The van der Waals surface area contributed by atoms with Crippen molar-refractivity contribution in [1.82, 2.24) is 9.97 Å². The van der Waals surface area contributed by atoms with Gasteiger partial charge in [0.15, 0.2) is 5.69 Å². The lowest BCUT2D eigenvalue weighted by Crippen LogP contribution is -1.87. The molecule has 2 rings (SSSR count). The van der Waals surface area contributed by atoms with Gasteiger partial charge in [0.05, 0.1) is 0 Å². The summed E-state index contributed by atoms with van der Waals surface area (Å²) in [4.78, 5) is 7.02. The van der Waals surface area contributed by atoms with Crippen molar-refractivity contribution in [3.05, 3.63) is 40.7 Å². The fourth-order valence-corrected chi connectivity index (χ4v) is 1.76. The molecule has 0 unspecified atom stereocenters. The third-order valence-corrected chi connectivity index (χ3v) is 2.89. The van der Waals surface area contributed by atoms with Crippen LogP contribution in [0.4, 0.5) is 0 Å². The number of rotatable bonds is 2. The van der Waals surface area contributed by atoms with E-state index in [9.17, 15) is 0 Å². The minimum atomic E-state index is 0.231. The monoisotopic (exact) mass is 245 g/mol. The van der Waals surface area contributed by atoms with Crippen molar-refractivity contribution in [2.75, 3.05) is 0 Å². The molecule has 0 radical (unpaired) electrons. The molecule has 4 heteroatoms. The fourth-order valence-electron chi connectivity index (χ4n) is 1.59. The molecule has 0 aliphatic carbocycles. The number of halogens is 1. The van der Waals surface area contributed by atoms with Crippen LogP contribution < -0.4 is 0 Å². The molecule has 1 aromatic heterocycles. The molecule has 0 saturated carbocycles. The van der Waals surface area contributed by atoms with Crippen LogP contribution in [0.5, 0.6) is 0 Å². The van der Waals surface area contributed by atoms with E-state index < -0.39 is 0 Å². The van der Waals surface area contributed by atoms with Gasteiger partial charge in [0, 0.05) is 5.56 Å². The average Bonchev–Trinajstić information content (AvgIpc) is 2.70. The number of hydrogen-bond donors (Lipinski definition) is 1. The molecule has 0 fully saturated rings. The Kier molecular flexibility index (Phi) is 3.16. The zero-order valence-electron chi connectivity index (χ0n) is 9.66. The smallest absolute Gasteiger partial charge is 0.178 e. The number of aromatic amines is 1. The van der Waals surface area contributed by atoms with E-state index in [1.807, 2.05) is 18.2 Å². The van der Waals surface area contributed by atoms with Crippen LogP contribution in [0.3, 0.4) is 0 Å². The number of nitriles is 1. The molecule has 0 aliphatic heterocycles. The molecule has 0 saturated heterocycles. The van der Waals surface area contributed by atoms with Crippen molar-refractivity contribution in [2.24, 2.45) is 0 Å². The normalized spacial score (nSPS) is 10.5. The topological polar surface area (TPSA) is 52.5 Å². The van der Waals surface area contributed by atoms with E-state index in [0.717, 1.165) is 5.56 Å². The van der Waals surface area contributed by atoms with Gasteiger partial charge < -0.3 is 4.98 Å². The Labute approximate surface area is 105 Å². The van der Waals surface area contributed by atoms with Gasteiger partial charge in [-0.3, -0.25) is 0 Å². The lowest BCUT2D eigenvalue weighted by molar-refractivity contribution is 0.867. The lowest BCUT2D eigenvalue weighted by atomic mass is 10.0. The summed E-state index contributed by atoms with van der Waals surface area (Å²) in [5.41, 5.74) is 2.43. The van der Waals surface area contributed by atoms with Gasteiger partial charge in [-0.25, -0.2) is 4.98 Å². The Morgan fingerprint density at radius 3 is 2.41 bits per heavy atom. The van der Waals surface area contributed by atoms with Crippen LogP contribution in [0.25, 0.3) is 11.4 Å². The van der Waals surface area contributed by atoms with Crippen LogP contribution in [-0.2, 0) is 0 Å². The molecule has 1 N–H and O–H groups in total. The van der Waals surface area contributed by atoms with Gasteiger partial charge in [0.2, 0.25) is 0 Å². The minimum absolute atomic E-state index is 0.231. The highest BCUT2D eigenvalue weighted by atomic mass is 35.5. The fraction of sp³-hybridized carbons (Fsp3) is 0.231. The summed E-state index contributed by atoms with van der Waals surface area (Å²) < 4.78 is 0. The molecule has 3 nitrogen and oxygen atoms in total. The van der Waals surface area contributed by atoms with Gasteiger partial charge in [-0.2, -0.15) is 5.26 Å². The highest BCUT2D eigenvalue weighted by Gasteiger charge is 2.09. The average molecular weight is 246 g/mol. The summed E-state index contributed by atoms with van der Waals surface area (Å²) in [5, 5.41) is 9.07. The van der Waals surface area contributed by atoms with Gasteiger partial charge >= 0.3 is 0 Å². The van der Waals surface area contributed by atoms with E-state index in [-0.39, 0.29) is 10.8 Å². The van der Waals surface area contributed by atoms with Crippen LogP contribution in [0, 0.1) is 11.3 Å². The van der Waals surface area contributed by atoms with Crippen molar-refractivity contribution < 1.29 is 0 Å². The number of benzene rings is 1. The number of nitrogens with one attached hydrogen (secondary N) is 1. The van der Waals surface area contributed by atoms with E-state index >= 15 is 0 Å². The summed E-state index contributed by atoms with van der Waals surface area (Å²) in [6.07, 6.45) is 0. The molecule has 0 spiro atoms. The van der Waals surface area contributed by atoms with Gasteiger partial charge in [-0.05, 0) is 11.5 Å². The summed E-state index contributed by atoms with van der Waals surface area (Å²) in [5.74, 6) is 1.13. The minimum Gasteiger partial charge on any atom is -0.328 e. The second-order valence-corrected chi connectivity index (χ2v) is 4.51. The third kappa shape index (κ3) is 2.32. The van der Waals surface area contributed by atoms with Crippen LogP contribution in [-0.4, -0.2) is 9.97 Å². The second kappa shape index (κ2) is 4.60. The number of nitrogens with zero attached hydrogens (tertiary/aromatic N) is 2. The number of H-pyrrole nitrogens is 1. The van der Waals surface area contributed by atoms with E-state index in [1.54, 1.807) is 0 Å². The highest BCUT2D eigenvalue weighted by Crippen LogP contribution is 2.23. The Morgan fingerprint density at radius 2 is 1.94 bits per heavy atom. The third-order valence-electron chi connectivity index (χ3n) is 2.62. The first-order valence-electron chi connectivity index (χ1n) is 5.37. The van der Waals surface area contributed by atoms with Crippen LogP contribution in [0.2, 0.25) is 5.15 Å². The molecule has 0 amide bonds. The molecule has 86 valence electrons. The van der Waals surface area contributed by atoms with E-state index in [4.69, 9.17) is 16.9 Å². The molecule has 17 heavy (non-hydrogen) atoms. The maximum atomic E-state index is 8.78. The second-order valence-electron chi connectivity index (χ2n) is 4.14. The van der Waals surface area contributed by atoms with E-state index in [0.29, 0.717) is 11.7 Å². The van der Waals surface area contributed by atoms with Crippen LogP contribution in [0.15, 0.2) is 24.3 Å². The maximum absolute atomic E-state index is 8.78. The molecule has 0 atom stereocenters. The highest BCUT2D eigenvalue weighted by molar-refractivity contribution is 6.30. The van der Waals surface area contributed by atoms with Crippen LogP contribution >= 0.6 is 11.6 Å². The predicted octanol–water partition coefficient (Wildman–Crippen LogP) is 3.73. The quantitative estimate of drug-likeness (QED) is 0.877. The molecule has 1 heterocycles. The van der Waals surface area contributed by atoms with Gasteiger partial charge in [0.25, 0.3) is 0 Å². The first-order valence-corrected chi connectivity index (χ1v) is 5.75. The molecule has 0 aliphatic rings. The van der Waals surface area contributed by atoms with Crippen LogP contribution in [0.1, 0.15) is 31.0 Å². The predicted molar refractivity (Wildman–Crippen MR) is 67.8 cm³/mol. The number of aromatic nitrogens is 2. The molecule has 0 bridgehead atoms. The van der Waals surface area contributed by atoms with Gasteiger partial charge in [0.1, 0.15) is 17.0 Å². The largest absolute Gasteiger partial charge is 0.328 e. The SMILES string of the molecule is CC(C)c1ccc(-c2nc(C#N)c(Cl)[nH]2)cc1. The van der Waals surface area contributed by atoms with Crippen molar-refractivity contribution in [3.63, 3.8) is 0 Å². The number of imidazole rings is 1. The zero-order chi connectivity index (χ0) is 12.4. The van der Waals surface area contributed by atoms with E-state index in [1.165, 1.54) is 5.56 Å². The molecular formula is C13H12ClN3. The molecular weight excluding hydrogens is 234 g/mol. The van der Waals surface area contributed by atoms with Crippen molar-refractivity contribution in [2.45, 2.75) is 19.8 Å². The van der Waals surface area contributed by atoms with Gasteiger partial charge in [-0.1, -0.05) is 49.7 Å². The van der Waals surface area contributed by atoms with Crippen molar-refractivity contribution in [1.29, 1.82) is 5.26 Å². The number of hydrogen-bond acceptors (Lipinski definition) is 2. The van der Waals surface area contributed by atoms with E-state index in [2.05, 4.69) is 35.9 Å². The Bertz CT molecular complexity index is 561. The summed E-state index contributed by atoms with van der Waals surface area (Å²) in [7, 11) is 0. The first kappa shape index (κ1) is 11.7. The summed E-state index contributed by atoms with van der Waals surface area (Å²) in [6.45, 7) is 4.29. The van der Waals surface area contributed by atoms with Crippen molar-refractivity contribution >= 4 is 11.6 Å². The Hall–Kier alpha value is -1.79. The van der Waals surface area contributed by atoms with Gasteiger partial charge in [-0.15, -0.1) is 0 Å². The zero-order valence-corrected chi connectivity index (χ0v) is 10.4. The Morgan fingerprint density at radius 1 is 1.29 bits per heavy atom. The molecule has 2 aromatic rings. The molecule has 1 aromatic carbocycles. The Balaban J connectivity index is 2.37. The first-order chi connectivity index (χ1) is 8.11. The summed E-state index contributed by atoms with van der Waals surface area (Å²) in [6, 6.07) is 10.0. The standard InChI is InChI=1S/C13H12ClN3/c1-8(2)9-3-5-10(6-4-9)13-16-11(7-15)12(14)17-13/h3-6,8H,1-2H3,(H,16,17).